The summed E-state index contributed by atoms with van der Waals surface area (Å²) in [6, 6.07) is 4.01. The van der Waals surface area contributed by atoms with Gasteiger partial charge in [-0.1, -0.05) is 6.07 Å². The molecule has 1 amide bonds. The van der Waals surface area contributed by atoms with Gasteiger partial charge in [-0.05, 0) is 48.5 Å². The van der Waals surface area contributed by atoms with Crippen molar-refractivity contribution in [2.75, 3.05) is 0 Å². The molecule has 142 valence electrons. The Kier molecular flexibility index (Phi) is 5.09. The second-order valence-electron chi connectivity index (χ2n) is 8.33. The van der Waals surface area contributed by atoms with Crippen molar-refractivity contribution in [2.45, 2.75) is 65.2 Å². The number of rotatable bonds is 3. The molecule has 9 heteroatoms. The van der Waals surface area contributed by atoms with Gasteiger partial charge in [-0.25, -0.2) is 4.79 Å². The van der Waals surface area contributed by atoms with Crippen molar-refractivity contribution in [2.24, 2.45) is 0 Å². The standard InChI is InChI=1S/C17H25BN2O6/c1-15(2,3)19-14(21)24-13-10-11(20(22)23)8-9-12(13)18-25-16(4,5)17(6,7)26-18/h8-10H,1-7H3,(H,19,21). The molecule has 0 spiro atoms. The predicted molar refractivity (Wildman–Crippen MR) is 97.7 cm³/mol. The van der Waals surface area contributed by atoms with Gasteiger partial charge in [-0.15, -0.1) is 0 Å². The maximum atomic E-state index is 12.1. The summed E-state index contributed by atoms with van der Waals surface area (Å²) in [5.74, 6) is 0.0273. The van der Waals surface area contributed by atoms with Crippen molar-refractivity contribution >= 4 is 24.4 Å². The normalized spacial score (nSPS) is 18.5. The maximum absolute atomic E-state index is 12.1. The average molecular weight is 364 g/mol. The van der Waals surface area contributed by atoms with Crippen LogP contribution in [0.3, 0.4) is 0 Å². The summed E-state index contributed by atoms with van der Waals surface area (Å²) in [7, 11) is -0.807. The van der Waals surface area contributed by atoms with E-state index in [0.717, 1.165) is 0 Å². The van der Waals surface area contributed by atoms with E-state index in [1.807, 2.05) is 27.7 Å². The molecule has 1 heterocycles. The highest BCUT2D eigenvalue weighted by Crippen LogP contribution is 2.37. The number of non-ortho nitro benzene ring substituents is 1. The summed E-state index contributed by atoms with van der Waals surface area (Å²) >= 11 is 0. The lowest BCUT2D eigenvalue weighted by molar-refractivity contribution is -0.384. The number of nitro benzene ring substituents is 1. The molecule has 0 radical (unpaired) electrons. The van der Waals surface area contributed by atoms with Crippen LogP contribution in [0, 0.1) is 10.1 Å². The first-order valence-corrected chi connectivity index (χ1v) is 8.36. The molecule has 0 unspecified atom stereocenters. The van der Waals surface area contributed by atoms with Crippen molar-refractivity contribution in [3.05, 3.63) is 28.3 Å². The molecule has 1 saturated heterocycles. The molecule has 1 aromatic rings. The molecule has 0 aliphatic carbocycles. The van der Waals surface area contributed by atoms with Crippen LogP contribution in [-0.2, 0) is 9.31 Å². The van der Waals surface area contributed by atoms with E-state index in [2.05, 4.69) is 5.32 Å². The largest absolute Gasteiger partial charge is 0.498 e. The summed E-state index contributed by atoms with van der Waals surface area (Å²) in [4.78, 5) is 22.7. The van der Waals surface area contributed by atoms with Crippen molar-refractivity contribution < 1.29 is 23.8 Å². The smallest absolute Gasteiger partial charge is 0.410 e. The molecule has 1 aliphatic heterocycles. The molecular weight excluding hydrogens is 339 g/mol. The number of carbonyl (C=O) groups is 1. The molecule has 1 fully saturated rings. The van der Waals surface area contributed by atoms with Crippen LogP contribution in [0.1, 0.15) is 48.5 Å². The minimum Gasteiger partial charge on any atom is -0.410 e. The van der Waals surface area contributed by atoms with E-state index in [9.17, 15) is 14.9 Å². The third-order valence-corrected chi connectivity index (χ3v) is 4.39. The van der Waals surface area contributed by atoms with Gasteiger partial charge in [-0.3, -0.25) is 10.1 Å². The summed E-state index contributed by atoms with van der Waals surface area (Å²) < 4.78 is 17.3. The fraction of sp³-hybridized carbons (Fsp3) is 0.588. The zero-order chi connectivity index (χ0) is 19.9. The summed E-state index contributed by atoms with van der Waals surface area (Å²) in [5.41, 5.74) is -1.47. The quantitative estimate of drug-likeness (QED) is 0.503. The molecule has 1 aromatic carbocycles. The van der Waals surface area contributed by atoms with Gasteiger partial charge in [0.05, 0.1) is 22.2 Å². The Labute approximate surface area is 153 Å². The Bertz CT molecular complexity index is 710. The minimum absolute atomic E-state index is 0.0273. The third kappa shape index (κ3) is 4.34. The molecule has 1 aliphatic rings. The van der Waals surface area contributed by atoms with Crippen molar-refractivity contribution in [3.8, 4) is 5.75 Å². The molecule has 2 rings (SSSR count). The first-order valence-electron chi connectivity index (χ1n) is 8.36. The number of hydrogen-bond donors (Lipinski definition) is 1. The van der Waals surface area contributed by atoms with Gasteiger partial charge in [-0.2, -0.15) is 0 Å². The number of benzene rings is 1. The van der Waals surface area contributed by atoms with E-state index in [4.69, 9.17) is 14.0 Å². The van der Waals surface area contributed by atoms with E-state index < -0.39 is 34.9 Å². The fourth-order valence-corrected chi connectivity index (χ4v) is 2.32. The van der Waals surface area contributed by atoms with Crippen LogP contribution in [0.2, 0.25) is 0 Å². The lowest BCUT2D eigenvalue weighted by Gasteiger charge is -2.32. The molecule has 8 nitrogen and oxygen atoms in total. The van der Waals surface area contributed by atoms with Crippen LogP contribution >= 0.6 is 0 Å². The maximum Gasteiger partial charge on any atom is 0.498 e. The van der Waals surface area contributed by atoms with Gasteiger partial charge in [0.25, 0.3) is 5.69 Å². The van der Waals surface area contributed by atoms with E-state index >= 15 is 0 Å². The first-order chi connectivity index (χ1) is 11.7. The lowest BCUT2D eigenvalue weighted by atomic mass is 9.78. The van der Waals surface area contributed by atoms with E-state index in [1.54, 1.807) is 20.8 Å². The third-order valence-electron chi connectivity index (χ3n) is 4.39. The minimum atomic E-state index is -0.807. The number of carbonyl (C=O) groups excluding carboxylic acids is 1. The summed E-state index contributed by atoms with van der Waals surface area (Å²) in [6.07, 6.45) is -0.712. The molecule has 0 aromatic heterocycles. The van der Waals surface area contributed by atoms with Crippen molar-refractivity contribution in [1.82, 2.24) is 5.32 Å². The highest BCUT2D eigenvalue weighted by atomic mass is 16.7. The number of hydrogen-bond acceptors (Lipinski definition) is 6. The van der Waals surface area contributed by atoms with Gasteiger partial charge in [0.15, 0.2) is 0 Å². The number of ether oxygens (including phenoxy) is 1. The Hall–Kier alpha value is -2.13. The molecule has 26 heavy (non-hydrogen) atoms. The van der Waals surface area contributed by atoms with Gasteiger partial charge >= 0.3 is 13.2 Å². The van der Waals surface area contributed by atoms with Crippen LogP contribution in [-0.4, -0.2) is 34.9 Å². The number of amides is 1. The molecular formula is C17H25BN2O6. The fourth-order valence-electron chi connectivity index (χ4n) is 2.32. The lowest BCUT2D eigenvalue weighted by Crippen LogP contribution is -2.43. The van der Waals surface area contributed by atoms with Crippen LogP contribution in [0.4, 0.5) is 10.5 Å². The SMILES string of the molecule is CC(C)(C)NC(=O)Oc1cc([N+](=O)[O-])ccc1B1OC(C)(C)C(C)(C)O1. The zero-order valence-electron chi connectivity index (χ0n) is 16.2. The molecule has 0 saturated carbocycles. The number of nitrogens with zero attached hydrogens (tertiary/aromatic N) is 1. The van der Waals surface area contributed by atoms with Crippen LogP contribution in [0.25, 0.3) is 0 Å². The predicted octanol–water partition coefficient (Wildman–Crippen LogP) is 2.78. The van der Waals surface area contributed by atoms with Crippen molar-refractivity contribution in [3.63, 3.8) is 0 Å². The van der Waals surface area contributed by atoms with E-state index in [-0.39, 0.29) is 11.4 Å². The number of nitrogens with one attached hydrogen (secondary N) is 1. The van der Waals surface area contributed by atoms with Gasteiger partial charge < -0.3 is 19.4 Å². The van der Waals surface area contributed by atoms with Crippen molar-refractivity contribution in [1.29, 1.82) is 0 Å². The van der Waals surface area contributed by atoms with E-state index in [0.29, 0.717) is 5.46 Å². The van der Waals surface area contributed by atoms with Gasteiger partial charge in [0, 0.05) is 17.1 Å². The van der Waals surface area contributed by atoms with Crippen LogP contribution in [0.15, 0.2) is 18.2 Å². The topological polar surface area (TPSA) is 99.9 Å². The van der Waals surface area contributed by atoms with E-state index in [1.165, 1.54) is 18.2 Å². The molecule has 0 atom stereocenters. The summed E-state index contributed by atoms with van der Waals surface area (Å²) in [6.45, 7) is 13.0. The average Bonchev–Trinajstić information content (AvgIpc) is 2.64. The second kappa shape index (κ2) is 6.55. The highest BCUT2D eigenvalue weighted by molar-refractivity contribution is 6.63. The second-order valence-corrected chi connectivity index (χ2v) is 8.33. The Balaban J connectivity index is 2.37. The Morgan fingerprint density at radius 1 is 1.19 bits per heavy atom. The number of nitro groups is 1. The zero-order valence-corrected chi connectivity index (χ0v) is 16.2. The Morgan fingerprint density at radius 3 is 2.19 bits per heavy atom. The molecule has 0 bridgehead atoms. The van der Waals surface area contributed by atoms with Gasteiger partial charge in [0.1, 0.15) is 5.75 Å². The van der Waals surface area contributed by atoms with Crippen LogP contribution < -0.4 is 15.5 Å². The molecule has 1 N–H and O–H groups in total. The van der Waals surface area contributed by atoms with Gasteiger partial charge in [0.2, 0.25) is 0 Å². The summed E-state index contributed by atoms with van der Waals surface area (Å²) in [5, 5.41) is 13.7. The first kappa shape index (κ1) is 20.2. The highest BCUT2D eigenvalue weighted by Gasteiger charge is 2.52. The van der Waals surface area contributed by atoms with Crippen LogP contribution in [0.5, 0.6) is 5.75 Å². The Morgan fingerprint density at radius 2 is 1.73 bits per heavy atom. The monoisotopic (exact) mass is 364 g/mol.